The first kappa shape index (κ1) is 17.8. The topological polar surface area (TPSA) is 76.0 Å². The van der Waals surface area contributed by atoms with Crippen molar-refractivity contribution in [2.24, 2.45) is 0 Å². The lowest BCUT2D eigenvalue weighted by Gasteiger charge is -2.10. The maximum Gasteiger partial charge on any atom is 0.276 e. The molecule has 0 saturated carbocycles. The van der Waals surface area contributed by atoms with Gasteiger partial charge in [0.1, 0.15) is 11.5 Å². The van der Waals surface area contributed by atoms with E-state index in [1.165, 1.54) is 23.0 Å². The van der Waals surface area contributed by atoms with E-state index in [0.29, 0.717) is 12.1 Å². The molecule has 0 spiro atoms. The van der Waals surface area contributed by atoms with Gasteiger partial charge in [-0.25, -0.2) is 13.5 Å². The second-order valence-electron chi connectivity index (χ2n) is 6.47. The van der Waals surface area contributed by atoms with Crippen LogP contribution in [0.2, 0.25) is 0 Å². The van der Waals surface area contributed by atoms with Gasteiger partial charge >= 0.3 is 0 Å². The molecular formula is C20H16F2N4O2. The molecule has 2 amide bonds. The van der Waals surface area contributed by atoms with Gasteiger partial charge in [0, 0.05) is 30.1 Å². The number of nitrogens with one attached hydrogen (secondary N) is 2. The van der Waals surface area contributed by atoms with E-state index in [4.69, 9.17) is 0 Å². The molecule has 0 aliphatic carbocycles. The van der Waals surface area contributed by atoms with E-state index in [9.17, 15) is 18.4 Å². The van der Waals surface area contributed by atoms with E-state index < -0.39 is 17.5 Å². The molecule has 0 saturated heterocycles. The van der Waals surface area contributed by atoms with Crippen LogP contribution < -0.4 is 10.6 Å². The summed E-state index contributed by atoms with van der Waals surface area (Å²) < 4.78 is 28.1. The summed E-state index contributed by atoms with van der Waals surface area (Å²) in [6.45, 7) is 0. The van der Waals surface area contributed by atoms with Crippen molar-refractivity contribution in [3.8, 4) is 5.69 Å². The van der Waals surface area contributed by atoms with Gasteiger partial charge in [-0.15, -0.1) is 0 Å². The second kappa shape index (κ2) is 7.22. The molecule has 8 heteroatoms. The molecule has 2 N–H and O–H groups in total. The van der Waals surface area contributed by atoms with Crippen LogP contribution >= 0.6 is 0 Å². The number of nitrogens with zero attached hydrogens (tertiary/aromatic N) is 2. The first-order valence-electron chi connectivity index (χ1n) is 8.75. The number of amides is 2. The van der Waals surface area contributed by atoms with Crippen molar-refractivity contribution < 1.29 is 18.4 Å². The zero-order chi connectivity index (χ0) is 19.7. The molecule has 3 aromatic rings. The number of hydrogen-bond acceptors (Lipinski definition) is 3. The highest BCUT2D eigenvalue weighted by molar-refractivity contribution is 6.03. The molecule has 0 radical (unpaired) electrons. The maximum absolute atomic E-state index is 13.9. The third-order valence-corrected chi connectivity index (χ3v) is 4.47. The number of rotatable bonds is 3. The van der Waals surface area contributed by atoms with E-state index in [-0.39, 0.29) is 17.3 Å². The fourth-order valence-corrected chi connectivity index (χ4v) is 3.09. The standard InChI is InChI=1S/C20H16F2N4O2/c21-13-4-7-18(15(22)11-13)26-9-8-17(25-26)20(28)23-14-5-6-16-12(10-14)2-1-3-19(27)24-16/h4-11H,1-3H2,(H,23,28)(H,24,27). The third-order valence-electron chi connectivity index (χ3n) is 4.47. The van der Waals surface area contributed by atoms with Gasteiger partial charge in [0.25, 0.3) is 5.91 Å². The van der Waals surface area contributed by atoms with Gasteiger partial charge in [-0.05, 0) is 54.8 Å². The summed E-state index contributed by atoms with van der Waals surface area (Å²) in [5.41, 5.74) is 2.40. The van der Waals surface area contributed by atoms with Crippen LogP contribution in [0.15, 0.2) is 48.7 Å². The molecule has 6 nitrogen and oxygen atoms in total. The van der Waals surface area contributed by atoms with E-state index in [2.05, 4.69) is 15.7 Å². The molecule has 1 aromatic heterocycles. The fourth-order valence-electron chi connectivity index (χ4n) is 3.09. The van der Waals surface area contributed by atoms with Gasteiger partial charge in [-0.3, -0.25) is 9.59 Å². The summed E-state index contributed by atoms with van der Waals surface area (Å²) in [6.07, 6.45) is 3.37. The summed E-state index contributed by atoms with van der Waals surface area (Å²) in [7, 11) is 0. The highest BCUT2D eigenvalue weighted by Crippen LogP contribution is 2.25. The van der Waals surface area contributed by atoms with Gasteiger partial charge in [-0.2, -0.15) is 5.10 Å². The van der Waals surface area contributed by atoms with E-state index in [1.54, 1.807) is 12.1 Å². The Hall–Kier alpha value is -3.55. The second-order valence-corrected chi connectivity index (χ2v) is 6.47. The lowest BCUT2D eigenvalue weighted by Crippen LogP contribution is -2.14. The molecular weight excluding hydrogens is 366 g/mol. The van der Waals surface area contributed by atoms with Gasteiger partial charge in [-0.1, -0.05) is 0 Å². The van der Waals surface area contributed by atoms with Gasteiger partial charge in [0.2, 0.25) is 5.91 Å². The van der Waals surface area contributed by atoms with Crippen LogP contribution in [0.3, 0.4) is 0 Å². The molecule has 0 unspecified atom stereocenters. The summed E-state index contributed by atoms with van der Waals surface area (Å²) in [6, 6.07) is 9.83. The van der Waals surface area contributed by atoms with Crippen molar-refractivity contribution in [2.75, 3.05) is 10.6 Å². The number of carbonyl (C=O) groups is 2. The van der Waals surface area contributed by atoms with Crippen LogP contribution in [-0.2, 0) is 11.2 Å². The van der Waals surface area contributed by atoms with Crippen molar-refractivity contribution >= 4 is 23.2 Å². The predicted molar refractivity (Wildman–Crippen MR) is 99.4 cm³/mol. The van der Waals surface area contributed by atoms with Gasteiger partial charge in [0.05, 0.1) is 0 Å². The Balaban J connectivity index is 1.52. The van der Waals surface area contributed by atoms with Crippen LogP contribution in [0.1, 0.15) is 28.9 Å². The Labute approximate surface area is 159 Å². The lowest BCUT2D eigenvalue weighted by molar-refractivity contribution is -0.116. The number of benzene rings is 2. The monoisotopic (exact) mass is 382 g/mol. The number of hydrogen-bond donors (Lipinski definition) is 2. The van der Waals surface area contributed by atoms with Gasteiger partial charge < -0.3 is 10.6 Å². The fraction of sp³-hybridized carbons (Fsp3) is 0.150. The molecule has 0 bridgehead atoms. The Kier molecular flexibility index (Phi) is 4.60. The van der Waals surface area contributed by atoms with Crippen molar-refractivity contribution in [1.29, 1.82) is 0 Å². The summed E-state index contributed by atoms with van der Waals surface area (Å²) in [4.78, 5) is 24.1. The Morgan fingerprint density at radius 1 is 1.11 bits per heavy atom. The summed E-state index contributed by atoms with van der Waals surface area (Å²) >= 11 is 0. The number of halogens is 2. The first-order valence-corrected chi connectivity index (χ1v) is 8.75. The number of fused-ring (bicyclic) bond motifs is 1. The Morgan fingerprint density at radius 2 is 1.96 bits per heavy atom. The number of anilines is 2. The summed E-state index contributed by atoms with van der Waals surface area (Å²) in [5.74, 6) is -1.94. The number of aromatic nitrogens is 2. The average Bonchev–Trinajstić information content (AvgIpc) is 3.06. The minimum absolute atomic E-state index is 0.0194. The van der Waals surface area contributed by atoms with Crippen molar-refractivity contribution in [2.45, 2.75) is 19.3 Å². The molecule has 1 aliphatic rings. The first-order chi connectivity index (χ1) is 13.5. The highest BCUT2D eigenvalue weighted by atomic mass is 19.1. The Bertz CT molecular complexity index is 1080. The molecule has 28 heavy (non-hydrogen) atoms. The maximum atomic E-state index is 13.9. The molecule has 2 aromatic carbocycles. The van der Waals surface area contributed by atoms with Crippen LogP contribution in [0, 0.1) is 11.6 Å². The smallest absolute Gasteiger partial charge is 0.276 e. The minimum atomic E-state index is -0.775. The van der Waals surface area contributed by atoms with Crippen molar-refractivity contribution in [1.82, 2.24) is 9.78 Å². The van der Waals surface area contributed by atoms with E-state index >= 15 is 0 Å². The third kappa shape index (κ3) is 3.62. The Morgan fingerprint density at radius 3 is 2.79 bits per heavy atom. The van der Waals surface area contributed by atoms with E-state index in [0.717, 1.165) is 36.2 Å². The lowest BCUT2D eigenvalue weighted by atomic mass is 10.1. The van der Waals surface area contributed by atoms with Crippen LogP contribution in [-0.4, -0.2) is 21.6 Å². The van der Waals surface area contributed by atoms with Crippen molar-refractivity contribution in [3.05, 3.63) is 71.6 Å². The van der Waals surface area contributed by atoms with Crippen LogP contribution in [0.5, 0.6) is 0 Å². The molecule has 2 heterocycles. The molecule has 4 rings (SSSR count). The zero-order valence-electron chi connectivity index (χ0n) is 14.7. The number of carbonyl (C=O) groups excluding carboxylic acids is 2. The highest BCUT2D eigenvalue weighted by Gasteiger charge is 2.16. The molecule has 1 aliphatic heterocycles. The van der Waals surface area contributed by atoms with Gasteiger partial charge in [0.15, 0.2) is 11.5 Å². The SMILES string of the molecule is O=C1CCCc2cc(NC(=O)c3ccn(-c4ccc(F)cc4F)n3)ccc2N1. The van der Waals surface area contributed by atoms with Crippen LogP contribution in [0.4, 0.5) is 20.2 Å². The number of aryl methyl sites for hydroxylation is 1. The predicted octanol–water partition coefficient (Wildman–Crippen LogP) is 3.68. The van der Waals surface area contributed by atoms with Crippen molar-refractivity contribution in [3.63, 3.8) is 0 Å². The quantitative estimate of drug-likeness (QED) is 0.726. The summed E-state index contributed by atoms with van der Waals surface area (Å²) in [5, 5.41) is 9.65. The van der Waals surface area contributed by atoms with E-state index in [1.807, 2.05) is 6.07 Å². The largest absolute Gasteiger partial charge is 0.326 e. The molecule has 142 valence electrons. The van der Waals surface area contributed by atoms with Crippen LogP contribution in [0.25, 0.3) is 5.69 Å². The molecule has 0 atom stereocenters. The zero-order valence-corrected chi connectivity index (χ0v) is 14.7. The normalized spacial score (nSPS) is 13.4. The average molecular weight is 382 g/mol. The molecule has 0 fully saturated rings. The minimum Gasteiger partial charge on any atom is -0.326 e.